The van der Waals surface area contributed by atoms with Gasteiger partial charge in [0.05, 0.1) is 18.6 Å². The van der Waals surface area contributed by atoms with Gasteiger partial charge >= 0.3 is 5.97 Å². The number of carboxylic acids is 1. The number of aliphatic carboxylic acids is 1. The molecule has 0 spiro atoms. The van der Waals surface area contributed by atoms with Gasteiger partial charge in [0.2, 0.25) is 5.91 Å². The summed E-state index contributed by atoms with van der Waals surface area (Å²) in [5, 5.41) is 11.6. The Bertz CT molecular complexity index is 315. The SMILES string of the molecule is COC1CC(N2CCNC(=O)C2CC(=O)O)C1. The van der Waals surface area contributed by atoms with Gasteiger partial charge in [0.1, 0.15) is 0 Å². The van der Waals surface area contributed by atoms with Crippen molar-refractivity contribution in [3.05, 3.63) is 0 Å². The monoisotopic (exact) mass is 242 g/mol. The summed E-state index contributed by atoms with van der Waals surface area (Å²) < 4.78 is 5.21. The molecule has 0 aromatic rings. The molecule has 1 aliphatic carbocycles. The third-order valence-corrected chi connectivity index (χ3v) is 3.61. The van der Waals surface area contributed by atoms with Crippen molar-refractivity contribution in [2.45, 2.75) is 37.5 Å². The number of nitrogens with zero attached hydrogens (tertiary/aromatic N) is 1. The van der Waals surface area contributed by atoms with Crippen LogP contribution < -0.4 is 5.32 Å². The van der Waals surface area contributed by atoms with Crippen LogP contribution in [0.1, 0.15) is 19.3 Å². The first-order chi connectivity index (χ1) is 8.11. The predicted molar refractivity (Wildman–Crippen MR) is 59.6 cm³/mol. The Morgan fingerprint density at radius 2 is 2.29 bits per heavy atom. The van der Waals surface area contributed by atoms with Crippen LogP contribution in [0.15, 0.2) is 0 Å². The third-order valence-electron chi connectivity index (χ3n) is 3.61. The van der Waals surface area contributed by atoms with E-state index in [-0.39, 0.29) is 24.5 Å². The number of piperazine rings is 1. The Kier molecular flexibility index (Phi) is 3.63. The van der Waals surface area contributed by atoms with Crippen molar-refractivity contribution in [2.75, 3.05) is 20.2 Å². The van der Waals surface area contributed by atoms with Gasteiger partial charge in [-0.15, -0.1) is 0 Å². The molecule has 1 unspecified atom stereocenters. The molecular formula is C11H18N2O4. The molecule has 1 atom stereocenters. The van der Waals surface area contributed by atoms with Crippen molar-refractivity contribution < 1.29 is 19.4 Å². The smallest absolute Gasteiger partial charge is 0.305 e. The van der Waals surface area contributed by atoms with Crippen LogP contribution in [0, 0.1) is 0 Å². The fourth-order valence-corrected chi connectivity index (χ4v) is 2.55. The number of carbonyl (C=O) groups is 2. The second-order valence-corrected chi connectivity index (χ2v) is 4.63. The van der Waals surface area contributed by atoms with Gasteiger partial charge in [0, 0.05) is 26.2 Å². The molecule has 17 heavy (non-hydrogen) atoms. The van der Waals surface area contributed by atoms with Crippen LogP contribution in [0.4, 0.5) is 0 Å². The lowest BCUT2D eigenvalue weighted by atomic mass is 9.86. The zero-order valence-electron chi connectivity index (χ0n) is 9.89. The van der Waals surface area contributed by atoms with Crippen molar-refractivity contribution in [2.24, 2.45) is 0 Å². The van der Waals surface area contributed by atoms with E-state index in [2.05, 4.69) is 5.32 Å². The maximum absolute atomic E-state index is 11.7. The fourth-order valence-electron chi connectivity index (χ4n) is 2.55. The summed E-state index contributed by atoms with van der Waals surface area (Å²) in [5.74, 6) is -1.10. The number of ether oxygens (including phenoxy) is 1. The van der Waals surface area contributed by atoms with E-state index in [9.17, 15) is 9.59 Å². The Morgan fingerprint density at radius 3 is 2.88 bits per heavy atom. The summed E-state index contributed by atoms with van der Waals surface area (Å²) in [7, 11) is 1.68. The van der Waals surface area contributed by atoms with E-state index >= 15 is 0 Å². The van der Waals surface area contributed by atoms with Crippen LogP contribution in [0.2, 0.25) is 0 Å². The number of hydrogen-bond acceptors (Lipinski definition) is 4. The molecule has 6 heteroatoms. The highest BCUT2D eigenvalue weighted by Gasteiger charge is 2.41. The van der Waals surface area contributed by atoms with Gasteiger partial charge in [0.25, 0.3) is 0 Å². The van der Waals surface area contributed by atoms with Gasteiger partial charge in [-0.25, -0.2) is 0 Å². The minimum atomic E-state index is -0.931. The van der Waals surface area contributed by atoms with Gasteiger partial charge in [-0.2, -0.15) is 0 Å². The number of rotatable bonds is 4. The van der Waals surface area contributed by atoms with E-state index in [1.807, 2.05) is 4.90 Å². The van der Waals surface area contributed by atoms with Crippen molar-refractivity contribution >= 4 is 11.9 Å². The van der Waals surface area contributed by atoms with Crippen LogP contribution in [0.25, 0.3) is 0 Å². The molecule has 0 aromatic carbocycles. The minimum Gasteiger partial charge on any atom is -0.481 e. The molecule has 2 fully saturated rings. The molecular weight excluding hydrogens is 224 g/mol. The van der Waals surface area contributed by atoms with E-state index in [1.54, 1.807) is 7.11 Å². The largest absolute Gasteiger partial charge is 0.481 e. The first-order valence-corrected chi connectivity index (χ1v) is 5.90. The number of carbonyl (C=O) groups excluding carboxylic acids is 1. The average molecular weight is 242 g/mol. The quantitative estimate of drug-likeness (QED) is 0.691. The Labute approximate surface area is 99.9 Å². The number of methoxy groups -OCH3 is 1. The summed E-state index contributed by atoms with van der Waals surface area (Å²) >= 11 is 0. The predicted octanol–water partition coefficient (Wildman–Crippen LogP) is -0.561. The highest BCUT2D eigenvalue weighted by molar-refractivity contribution is 5.86. The van der Waals surface area contributed by atoms with Crippen molar-refractivity contribution in [3.8, 4) is 0 Å². The van der Waals surface area contributed by atoms with E-state index < -0.39 is 12.0 Å². The lowest BCUT2D eigenvalue weighted by Gasteiger charge is -2.46. The number of hydrogen-bond donors (Lipinski definition) is 2. The summed E-state index contributed by atoms with van der Waals surface area (Å²) in [4.78, 5) is 24.5. The second-order valence-electron chi connectivity index (χ2n) is 4.63. The Hall–Kier alpha value is -1.14. The minimum absolute atomic E-state index is 0.125. The van der Waals surface area contributed by atoms with Gasteiger partial charge in [0.15, 0.2) is 0 Å². The first-order valence-electron chi connectivity index (χ1n) is 5.90. The zero-order chi connectivity index (χ0) is 12.4. The summed E-state index contributed by atoms with van der Waals surface area (Å²) in [6, 6.07) is -0.237. The molecule has 0 bridgehead atoms. The van der Waals surface area contributed by atoms with Crippen LogP contribution >= 0.6 is 0 Å². The van der Waals surface area contributed by atoms with E-state index in [1.165, 1.54) is 0 Å². The molecule has 2 rings (SSSR count). The lowest BCUT2D eigenvalue weighted by Crippen LogP contribution is -2.62. The molecule has 1 heterocycles. The van der Waals surface area contributed by atoms with E-state index in [0.29, 0.717) is 6.54 Å². The highest BCUT2D eigenvalue weighted by Crippen LogP contribution is 2.30. The lowest BCUT2D eigenvalue weighted by molar-refractivity contribution is -0.146. The van der Waals surface area contributed by atoms with E-state index in [0.717, 1.165) is 19.4 Å². The number of amides is 1. The van der Waals surface area contributed by atoms with Gasteiger partial charge in [-0.1, -0.05) is 0 Å². The summed E-state index contributed by atoms with van der Waals surface area (Å²) in [6.45, 7) is 1.33. The number of carboxylic acid groups (broad SMARTS) is 1. The van der Waals surface area contributed by atoms with Crippen molar-refractivity contribution in [1.29, 1.82) is 0 Å². The summed E-state index contributed by atoms with van der Waals surface area (Å²) in [5.41, 5.74) is 0. The van der Waals surface area contributed by atoms with Crippen LogP contribution in [-0.4, -0.2) is 60.3 Å². The normalized spacial score (nSPS) is 33.9. The molecule has 1 saturated heterocycles. The van der Waals surface area contributed by atoms with Gasteiger partial charge in [-0.3, -0.25) is 14.5 Å². The molecule has 96 valence electrons. The molecule has 1 saturated carbocycles. The summed E-state index contributed by atoms with van der Waals surface area (Å²) in [6.07, 6.45) is 1.91. The first kappa shape index (κ1) is 12.3. The van der Waals surface area contributed by atoms with Crippen LogP contribution in [0.5, 0.6) is 0 Å². The molecule has 6 nitrogen and oxygen atoms in total. The molecule has 2 aliphatic rings. The van der Waals surface area contributed by atoms with Crippen molar-refractivity contribution in [3.63, 3.8) is 0 Å². The van der Waals surface area contributed by atoms with Crippen LogP contribution in [-0.2, 0) is 14.3 Å². The molecule has 2 N–H and O–H groups in total. The zero-order valence-corrected chi connectivity index (χ0v) is 9.89. The molecule has 0 radical (unpaired) electrons. The second kappa shape index (κ2) is 5.01. The Morgan fingerprint density at radius 1 is 1.59 bits per heavy atom. The topological polar surface area (TPSA) is 78.9 Å². The maximum Gasteiger partial charge on any atom is 0.305 e. The Balaban J connectivity index is 1.98. The maximum atomic E-state index is 11.7. The average Bonchev–Trinajstić information content (AvgIpc) is 2.20. The third kappa shape index (κ3) is 2.58. The molecule has 1 aliphatic heterocycles. The standard InChI is InChI=1S/C11H18N2O4/c1-17-8-4-7(5-8)13-3-2-12-11(16)9(13)6-10(14)15/h7-9H,2-6H2,1H3,(H,12,16)(H,14,15). The van der Waals surface area contributed by atoms with Crippen molar-refractivity contribution in [1.82, 2.24) is 10.2 Å². The van der Waals surface area contributed by atoms with Gasteiger partial charge in [-0.05, 0) is 12.8 Å². The molecule has 0 aromatic heterocycles. The van der Waals surface area contributed by atoms with E-state index in [4.69, 9.17) is 9.84 Å². The fraction of sp³-hybridized carbons (Fsp3) is 0.818. The van der Waals surface area contributed by atoms with Gasteiger partial charge < -0.3 is 15.2 Å². The van der Waals surface area contributed by atoms with Crippen LogP contribution in [0.3, 0.4) is 0 Å². The molecule has 1 amide bonds. The number of nitrogens with one attached hydrogen (secondary N) is 1. The highest BCUT2D eigenvalue weighted by atomic mass is 16.5.